The lowest BCUT2D eigenvalue weighted by Crippen LogP contribution is -2.50. The molecule has 0 radical (unpaired) electrons. The van der Waals surface area contributed by atoms with Gasteiger partial charge in [0.15, 0.2) is 0 Å². The SMILES string of the molecule is C[C@H]1CN(C(=O)CC2CCNCC2)[C@@H](C)CO1. The van der Waals surface area contributed by atoms with Crippen LogP contribution >= 0.6 is 0 Å². The highest BCUT2D eigenvalue weighted by atomic mass is 16.5. The second kappa shape index (κ2) is 5.83. The summed E-state index contributed by atoms with van der Waals surface area (Å²) in [6, 6.07) is 0.236. The first kappa shape index (κ1) is 12.8. The van der Waals surface area contributed by atoms with Crippen LogP contribution < -0.4 is 5.32 Å². The van der Waals surface area contributed by atoms with Crippen LogP contribution in [0, 0.1) is 5.92 Å². The monoisotopic (exact) mass is 240 g/mol. The second-order valence-corrected chi connectivity index (χ2v) is 5.44. The van der Waals surface area contributed by atoms with E-state index in [4.69, 9.17) is 4.74 Å². The Bertz CT molecular complexity index is 264. The van der Waals surface area contributed by atoms with Gasteiger partial charge in [0.05, 0.1) is 18.8 Å². The van der Waals surface area contributed by atoms with E-state index in [1.54, 1.807) is 0 Å². The summed E-state index contributed by atoms with van der Waals surface area (Å²) in [6.45, 7) is 7.67. The molecular formula is C13H24N2O2. The standard InChI is InChI=1S/C13H24N2O2/c1-10-9-17-11(2)8-15(10)13(16)7-12-3-5-14-6-4-12/h10-12,14H,3-9H2,1-2H3/t10-,11-/m0/s1. The highest BCUT2D eigenvalue weighted by molar-refractivity contribution is 5.77. The van der Waals surface area contributed by atoms with Crippen molar-refractivity contribution in [2.75, 3.05) is 26.2 Å². The van der Waals surface area contributed by atoms with Gasteiger partial charge in [0.25, 0.3) is 0 Å². The highest BCUT2D eigenvalue weighted by Crippen LogP contribution is 2.20. The van der Waals surface area contributed by atoms with Crippen molar-refractivity contribution in [3.05, 3.63) is 0 Å². The molecule has 0 aromatic rings. The molecule has 0 saturated carbocycles. The molecule has 4 nitrogen and oxygen atoms in total. The average molecular weight is 240 g/mol. The van der Waals surface area contributed by atoms with Crippen LogP contribution in [0.3, 0.4) is 0 Å². The minimum absolute atomic E-state index is 0.183. The molecule has 0 unspecified atom stereocenters. The van der Waals surface area contributed by atoms with Crippen molar-refractivity contribution < 1.29 is 9.53 Å². The normalized spacial score (nSPS) is 31.5. The summed E-state index contributed by atoms with van der Waals surface area (Å²) in [4.78, 5) is 14.3. The quantitative estimate of drug-likeness (QED) is 0.783. The Kier molecular flexibility index (Phi) is 4.40. The number of nitrogens with zero attached hydrogens (tertiary/aromatic N) is 1. The minimum Gasteiger partial charge on any atom is -0.375 e. The maximum Gasteiger partial charge on any atom is 0.223 e. The maximum atomic E-state index is 12.3. The molecule has 2 aliphatic rings. The van der Waals surface area contributed by atoms with Crippen molar-refractivity contribution >= 4 is 5.91 Å². The van der Waals surface area contributed by atoms with Gasteiger partial charge >= 0.3 is 0 Å². The van der Waals surface area contributed by atoms with E-state index in [-0.39, 0.29) is 12.1 Å². The Hall–Kier alpha value is -0.610. The number of carbonyl (C=O) groups excluding carboxylic acids is 1. The van der Waals surface area contributed by atoms with Crippen LogP contribution in [-0.2, 0) is 9.53 Å². The van der Waals surface area contributed by atoms with Crippen molar-refractivity contribution in [2.24, 2.45) is 5.92 Å². The zero-order valence-corrected chi connectivity index (χ0v) is 10.9. The first-order valence-corrected chi connectivity index (χ1v) is 6.78. The van der Waals surface area contributed by atoms with E-state index >= 15 is 0 Å². The lowest BCUT2D eigenvalue weighted by Gasteiger charge is -2.37. The Morgan fingerprint density at radius 1 is 1.35 bits per heavy atom. The summed E-state index contributed by atoms with van der Waals surface area (Å²) >= 11 is 0. The smallest absolute Gasteiger partial charge is 0.223 e. The van der Waals surface area contributed by atoms with E-state index in [9.17, 15) is 4.79 Å². The first-order valence-electron chi connectivity index (χ1n) is 6.78. The molecule has 2 heterocycles. The van der Waals surface area contributed by atoms with Crippen LogP contribution in [0.15, 0.2) is 0 Å². The van der Waals surface area contributed by atoms with Gasteiger partial charge in [0.2, 0.25) is 5.91 Å². The van der Waals surface area contributed by atoms with E-state index in [2.05, 4.69) is 12.2 Å². The molecule has 2 saturated heterocycles. The summed E-state index contributed by atoms with van der Waals surface area (Å²) in [6.07, 6.45) is 3.18. The first-order chi connectivity index (χ1) is 8.16. The molecule has 98 valence electrons. The molecule has 2 atom stereocenters. The Morgan fingerprint density at radius 3 is 2.76 bits per heavy atom. The van der Waals surface area contributed by atoms with Gasteiger partial charge in [-0.1, -0.05) is 0 Å². The number of hydrogen-bond donors (Lipinski definition) is 1. The van der Waals surface area contributed by atoms with Crippen LogP contribution in [-0.4, -0.2) is 49.2 Å². The third-order valence-corrected chi connectivity index (χ3v) is 3.85. The fourth-order valence-electron chi connectivity index (χ4n) is 2.70. The fraction of sp³-hybridized carbons (Fsp3) is 0.923. The predicted molar refractivity (Wildman–Crippen MR) is 66.8 cm³/mol. The van der Waals surface area contributed by atoms with Crippen molar-refractivity contribution in [3.8, 4) is 0 Å². The van der Waals surface area contributed by atoms with Gasteiger partial charge in [-0.3, -0.25) is 4.79 Å². The molecule has 2 aliphatic heterocycles. The number of morpholine rings is 1. The number of piperidine rings is 1. The third-order valence-electron chi connectivity index (χ3n) is 3.85. The Morgan fingerprint density at radius 2 is 2.06 bits per heavy atom. The van der Waals surface area contributed by atoms with Gasteiger partial charge in [-0.2, -0.15) is 0 Å². The Balaban J connectivity index is 1.85. The Labute approximate surface area is 104 Å². The van der Waals surface area contributed by atoms with Crippen LogP contribution in [0.4, 0.5) is 0 Å². The summed E-state index contributed by atoms with van der Waals surface area (Å²) < 4.78 is 5.56. The zero-order chi connectivity index (χ0) is 12.3. The van der Waals surface area contributed by atoms with Gasteiger partial charge in [-0.15, -0.1) is 0 Å². The lowest BCUT2D eigenvalue weighted by molar-refractivity contribution is -0.144. The summed E-state index contributed by atoms with van der Waals surface area (Å²) in [7, 11) is 0. The highest BCUT2D eigenvalue weighted by Gasteiger charge is 2.29. The molecule has 0 bridgehead atoms. The predicted octanol–water partition coefficient (Wildman–Crippen LogP) is 1.01. The molecule has 1 N–H and O–H groups in total. The van der Waals surface area contributed by atoms with Crippen LogP contribution in [0.1, 0.15) is 33.1 Å². The molecule has 2 fully saturated rings. The molecule has 0 aromatic carbocycles. The number of hydrogen-bond acceptors (Lipinski definition) is 3. The van der Waals surface area contributed by atoms with E-state index in [0.29, 0.717) is 18.4 Å². The van der Waals surface area contributed by atoms with Crippen LogP contribution in [0.2, 0.25) is 0 Å². The van der Waals surface area contributed by atoms with Crippen molar-refractivity contribution in [3.63, 3.8) is 0 Å². The van der Waals surface area contributed by atoms with Gasteiger partial charge in [-0.05, 0) is 45.7 Å². The topological polar surface area (TPSA) is 41.6 Å². The van der Waals surface area contributed by atoms with E-state index < -0.39 is 0 Å². The molecule has 17 heavy (non-hydrogen) atoms. The van der Waals surface area contributed by atoms with Gasteiger partial charge < -0.3 is 15.0 Å². The molecule has 1 amide bonds. The number of rotatable bonds is 2. The second-order valence-electron chi connectivity index (χ2n) is 5.44. The summed E-state index contributed by atoms with van der Waals surface area (Å²) in [5, 5.41) is 3.34. The molecule has 0 aliphatic carbocycles. The van der Waals surface area contributed by atoms with Crippen LogP contribution in [0.25, 0.3) is 0 Å². The van der Waals surface area contributed by atoms with Gasteiger partial charge in [-0.25, -0.2) is 0 Å². The lowest BCUT2D eigenvalue weighted by atomic mass is 9.93. The third kappa shape index (κ3) is 3.42. The van der Waals surface area contributed by atoms with E-state index in [1.807, 2.05) is 11.8 Å². The largest absolute Gasteiger partial charge is 0.375 e. The average Bonchev–Trinajstić information content (AvgIpc) is 2.33. The van der Waals surface area contributed by atoms with Crippen molar-refractivity contribution in [2.45, 2.75) is 45.3 Å². The van der Waals surface area contributed by atoms with E-state index in [1.165, 1.54) is 0 Å². The minimum atomic E-state index is 0.183. The fourth-order valence-corrected chi connectivity index (χ4v) is 2.70. The molecule has 0 spiro atoms. The van der Waals surface area contributed by atoms with Crippen molar-refractivity contribution in [1.82, 2.24) is 10.2 Å². The summed E-state index contributed by atoms with van der Waals surface area (Å²) in [5.41, 5.74) is 0. The van der Waals surface area contributed by atoms with Gasteiger partial charge in [0, 0.05) is 13.0 Å². The molecule has 0 aromatic heterocycles. The zero-order valence-electron chi connectivity index (χ0n) is 10.9. The van der Waals surface area contributed by atoms with Crippen molar-refractivity contribution in [1.29, 1.82) is 0 Å². The van der Waals surface area contributed by atoms with Crippen LogP contribution in [0.5, 0.6) is 0 Å². The number of carbonyl (C=O) groups is 1. The van der Waals surface area contributed by atoms with E-state index in [0.717, 1.165) is 38.9 Å². The number of ether oxygens (including phenoxy) is 1. The molecule has 2 rings (SSSR count). The number of amides is 1. The van der Waals surface area contributed by atoms with Gasteiger partial charge in [0.1, 0.15) is 0 Å². The maximum absolute atomic E-state index is 12.3. The molecular weight excluding hydrogens is 216 g/mol. The number of nitrogens with one attached hydrogen (secondary N) is 1. The summed E-state index contributed by atoms with van der Waals surface area (Å²) in [5.74, 6) is 0.897. The molecule has 4 heteroatoms.